The van der Waals surface area contributed by atoms with Crippen LogP contribution in [-0.4, -0.2) is 59.2 Å². The highest BCUT2D eigenvalue weighted by Crippen LogP contribution is 2.21. The first-order valence-electron chi connectivity index (χ1n) is 13.5. The maximum absolute atomic E-state index is 13.9. The molecule has 6 heteroatoms. The molecule has 5 rings (SSSR count). The standard InChI is InChI=1S/C31H37N3O3/c1-24-21-29(35)30(31(36)33-18-16-32(17-19-33)22-26-11-6-3-7-12-26)28(15-14-25-9-4-2-5-10-25)34(24)23-27-13-8-20-37-27/h2-7,9-12,21,27H,8,13-20,22-23H2,1H3/t27-/m1/s1. The SMILES string of the molecule is Cc1cc(=O)c(C(=O)N2CCN(Cc3ccccc3)CC2)c(CCc2ccccc2)n1C[C@H]1CCCO1. The van der Waals surface area contributed by atoms with Crippen LogP contribution in [0.1, 0.15) is 45.7 Å². The first-order valence-corrected chi connectivity index (χ1v) is 13.5. The Morgan fingerprint density at radius 2 is 1.59 bits per heavy atom. The van der Waals surface area contributed by atoms with Crippen molar-refractivity contribution in [3.8, 4) is 0 Å². The summed E-state index contributed by atoms with van der Waals surface area (Å²) in [5.74, 6) is -0.131. The number of nitrogens with zero attached hydrogens (tertiary/aromatic N) is 3. The van der Waals surface area contributed by atoms with E-state index in [2.05, 4.69) is 45.9 Å². The summed E-state index contributed by atoms with van der Waals surface area (Å²) in [6, 6.07) is 22.4. The molecule has 2 aliphatic heterocycles. The lowest BCUT2D eigenvalue weighted by atomic mass is 10.0. The first kappa shape index (κ1) is 25.4. The number of aryl methyl sites for hydroxylation is 2. The molecule has 1 amide bonds. The van der Waals surface area contributed by atoms with E-state index < -0.39 is 0 Å². The fraction of sp³-hybridized carbons (Fsp3) is 0.419. The van der Waals surface area contributed by atoms with Gasteiger partial charge in [-0.2, -0.15) is 0 Å². The summed E-state index contributed by atoms with van der Waals surface area (Å²) in [5, 5.41) is 0. The molecular weight excluding hydrogens is 462 g/mol. The van der Waals surface area contributed by atoms with Gasteiger partial charge in [-0.05, 0) is 43.7 Å². The first-order chi connectivity index (χ1) is 18.1. The number of pyridine rings is 1. The highest BCUT2D eigenvalue weighted by atomic mass is 16.5. The minimum absolute atomic E-state index is 0.126. The molecule has 0 saturated carbocycles. The van der Waals surface area contributed by atoms with Gasteiger partial charge in [0, 0.05) is 63.3 Å². The van der Waals surface area contributed by atoms with Crippen LogP contribution in [0.3, 0.4) is 0 Å². The normalized spacial score (nSPS) is 18.3. The number of carbonyl (C=O) groups excluding carboxylic acids is 1. The molecule has 2 fully saturated rings. The van der Waals surface area contributed by atoms with E-state index in [0.717, 1.165) is 56.9 Å². The average Bonchev–Trinajstić information content (AvgIpc) is 3.44. The van der Waals surface area contributed by atoms with E-state index in [9.17, 15) is 9.59 Å². The fourth-order valence-electron chi connectivity index (χ4n) is 5.58. The third-order valence-electron chi connectivity index (χ3n) is 7.65. The van der Waals surface area contributed by atoms with Crippen LogP contribution in [-0.2, 0) is 30.7 Å². The van der Waals surface area contributed by atoms with Crippen molar-refractivity contribution in [1.82, 2.24) is 14.4 Å². The van der Waals surface area contributed by atoms with E-state index in [1.54, 1.807) is 6.07 Å². The second-order valence-electron chi connectivity index (χ2n) is 10.3. The van der Waals surface area contributed by atoms with E-state index in [4.69, 9.17) is 4.74 Å². The molecular formula is C31H37N3O3. The molecule has 37 heavy (non-hydrogen) atoms. The van der Waals surface area contributed by atoms with Gasteiger partial charge < -0.3 is 14.2 Å². The number of rotatable bonds is 8. The molecule has 0 N–H and O–H groups in total. The van der Waals surface area contributed by atoms with Gasteiger partial charge in [0.15, 0.2) is 5.43 Å². The predicted octanol–water partition coefficient (Wildman–Crippen LogP) is 4.08. The van der Waals surface area contributed by atoms with E-state index in [1.165, 1.54) is 11.1 Å². The Kier molecular flexibility index (Phi) is 8.17. The third-order valence-corrected chi connectivity index (χ3v) is 7.65. The van der Waals surface area contributed by atoms with Crippen molar-refractivity contribution < 1.29 is 9.53 Å². The number of hydrogen-bond donors (Lipinski definition) is 0. The van der Waals surface area contributed by atoms with E-state index in [0.29, 0.717) is 31.6 Å². The van der Waals surface area contributed by atoms with Gasteiger partial charge in [-0.25, -0.2) is 0 Å². The summed E-state index contributed by atoms with van der Waals surface area (Å²) in [6.45, 7) is 7.17. The number of ether oxygens (including phenoxy) is 1. The van der Waals surface area contributed by atoms with E-state index >= 15 is 0 Å². The molecule has 0 aliphatic carbocycles. The summed E-state index contributed by atoms with van der Waals surface area (Å²) >= 11 is 0. The van der Waals surface area contributed by atoms with Crippen molar-refractivity contribution in [2.45, 2.75) is 51.8 Å². The maximum atomic E-state index is 13.9. The summed E-state index contributed by atoms with van der Waals surface area (Å²) < 4.78 is 8.12. The summed E-state index contributed by atoms with van der Waals surface area (Å²) in [5.41, 5.74) is 4.40. The maximum Gasteiger partial charge on any atom is 0.259 e. The van der Waals surface area contributed by atoms with Gasteiger partial charge in [0.1, 0.15) is 5.56 Å². The lowest BCUT2D eigenvalue weighted by Gasteiger charge is -2.35. The molecule has 2 aromatic carbocycles. The van der Waals surface area contributed by atoms with Crippen molar-refractivity contribution in [1.29, 1.82) is 0 Å². The highest BCUT2D eigenvalue weighted by Gasteiger charge is 2.28. The Balaban J connectivity index is 1.38. The van der Waals surface area contributed by atoms with Crippen molar-refractivity contribution in [3.63, 3.8) is 0 Å². The monoisotopic (exact) mass is 499 g/mol. The highest BCUT2D eigenvalue weighted by molar-refractivity contribution is 5.95. The Hall–Kier alpha value is -3.22. The van der Waals surface area contributed by atoms with Gasteiger partial charge in [0.2, 0.25) is 0 Å². The molecule has 6 nitrogen and oxygen atoms in total. The largest absolute Gasteiger partial charge is 0.376 e. The van der Waals surface area contributed by atoms with Crippen molar-refractivity contribution in [3.05, 3.63) is 105 Å². The molecule has 1 atom stereocenters. The summed E-state index contributed by atoms with van der Waals surface area (Å²) in [4.78, 5) is 31.5. The van der Waals surface area contributed by atoms with Crippen LogP contribution in [0.15, 0.2) is 71.5 Å². The molecule has 0 bridgehead atoms. The lowest BCUT2D eigenvalue weighted by Crippen LogP contribution is -2.49. The van der Waals surface area contributed by atoms with Crippen LogP contribution in [0.2, 0.25) is 0 Å². The Labute approximate surface area is 219 Å². The van der Waals surface area contributed by atoms with Crippen LogP contribution in [0.4, 0.5) is 0 Å². The molecule has 0 radical (unpaired) electrons. The zero-order valence-electron chi connectivity index (χ0n) is 21.8. The van der Waals surface area contributed by atoms with Crippen LogP contribution in [0.25, 0.3) is 0 Å². The smallest absolute Gasteiger partial charge is 0.259 e. The molecule has 0 unspecified atom stereocenters. The third kappa shape index (κ3) is 6.20. The zero-order valence-corrected chi connectivity index (χ0v) is 21.8. The van der Waals surface area contributed by atoms with Gasteiger partial charge in [0.05, 0.1) is 6.10 Å². The number of aromatic nitrogens is 1. The van der Waals surface area contributed by atoms with Crippen molar-refractivity contribution in [2.24, 2.45) is 0 Å². The Bertz CT molecular complexity index is 1240. The minimum atomic E-state index is -0.166. The number of benzene rings is 2. The molecule has 1 aromatic heterocycles. The van der Waals surface area contributed by atoms with Gasteiger partial charge in [-0.3, -0.25) is 14.5 Å². The predicted molar refractivity (Wildman–Crippen MR) is 146 cm³/mol. The quantitative estimate of drug-likeness (QED) is 0.469. The van der Waals surface area contributed by atoms with Crippen molar-refractivity contribution in [2.75, 3.05) is 32.8 Å². The van der Waals surface area contributed by atoms with Crippen LogP contribution < -0.4 is 5.43 Å². The van der Waals surface area contributed by atoms with Crippen LogP contribution in [0, 0.1) is 6.92 Å². The second-order valence-corrected chi connectivity index (χ2v) is 10.3. The van der Waals surface area contributed by atoms with Crippen molar-refractivity contribution >= 4 is 5.91 Å². The number of carbonyl (C=O) groups is 1. The van der Waals surface area contributed by atoms with Gasteiger partial charge in [-0.1, -0.05) is 60.7 Å². The molecule has 0 spiro atoms. The summed E-state index contributed by atoms with van der Waals surface area (Å²) in [7, 11) is 0. The average molecular weight is 500 g/mol. The zero-order chi connectivity index (χ0) is 25.6. The Morgan fingerprint density at radius 1 is 0.919 bits per heavy atom. The molecule has 3 heterocycles. The lowest BCUT2D eigenvalue weighted by molar-refractivity contribution is 0.0623. The van der Waals surface area contributed by atoms with E-state index in [-0.39, 0.29) is 17.4 Å². The molecule has 2 saturated heterocycles. The number of piperazine rings is 1. The van der Waals surface area contributed by atoms with Gasteiger partial charge in [-0.15, -0.1) is 0 Å². The molecule has 3 aromatic rings. The topological polar surface area (TPSA) is 54.8 Å². The van der Waals surface area contributed by atoms with E-state index in [1.807, 2.05) is 36.1 Å². The van der Waals surface area contributed by atoms with Gasteiger partial charge in [0.25, 0.3) is 5.91 Å². The summed E-state index contributed by atoms with van der Waals surface area (Å²) in [6.07, 6.45) is 3.61. The van der Waals surface area contributed by atoms with Crippen LogP contribution in [0.5, 0.6) is 0 Å². The molecule has 2 aliphatic rings. The number of amides is 1. The Morgan fingerprint density at radius 3 is 2.24 bits per heavy atom. The second kappa shape index (κ2) is 11.9. The molecule has 194 valence electrons. The minimum Gasteiger partial charge on any atom is -0.376 e. The van der Waals surface area contributed by atoms with Crippen LogP contribution >= 0.6 is 0 Å². The fourth-order valence-corrected chi connectivity index (χ4v) is 5.58. The van der Waals surface area contributed by atoms with Gasteiger partial charge >= 0.3 is 0 Å². The number of hydrogen-bond acceptors (Lipinski definition) is 4.